The van der Waals surface area contributed by atoms with E-state index in [1.807, 2.05) is 0 Å². The first-order valence-corrected chi connectivity index (χ1v) is 11.3. The lowest BCUT2D eigenvalue weighted by Crippen LogP contribution is -2.31. The minimum atomic E-state index is -1.01. The van der Waals surface area contributed by atoms with E-state index in [2.05, 4.69) is 15.3 Å². The van der Waals surface area contributed by atoms with Gasteiger partial charge < -0.3 is 48.3 Å². The number of amides is 1. The van der Waals surface area contributed by atoms with Crippen LogP contribution < -0.4 is 5.32 Å². The van der Waals surface area contributed by atoms with E-state index >= 15 is 0 Å². The molecule has 0 saturated carbocycles. The number of hydrogen-bond donors (Lipinski definition) is 2. The maximum atomic E-state index is 11.6. The van der Waals surface area contributed by atoms with Gasteiger partial charge in [-0.15, -0.1) is 0 Å². The van der Waals surface area contributed by atoms with E-state index in [4.69, 9.17) is 48.5 Å². The lowest BCUT2D eigenvalue weighted by molar-refractivity contribution is -0.142. The average molecular weight is 511 g/mol. The molecule has 0 aromatic carbocycles. The Kier molecular flexibility index (Phi) is 26.5. The maximum Gasteiger partial charge on any atom is 0.329 e. The summed E-state index contributed by atoms with van der Waals surface area (Å²) in [6, 6.07) is 0. The zero-order valence-electron chi connectivity index (χ0n) is 20.1. The van der Waals surface area contributed by atoms with E-state index < -0.39 is 5.97 Å². The van der Waals surface area contributed by atoms with Crippen molar-refractivity contribution < 1.29 is 52.6 Å². The fourth-order valence-corrected chi connectivity index (χ4v) is 2.11. The summed E-state index contributed by atoms with van der Waals surface area (Å²) in [5, 5.41) is 14.4. The Morgan fingerprint density at radius 2 is 1.03 bits per heavy atom. The highest BCUT2D eigenvalue weighted by molar-refractivity contribution is 5.77. The van der Waals surface area contributed by atoms with Crippen molar-refractivity contribution in [3.63, 3.8) is 0 Å². The molecule has 1 amide bonds. The highest BCUT2D eigenvalue weighted by Gasteiger charge is 2.01. The third kappa shape index (κ3) is 29.9. The molecule has 0 aliphatic rings. The molecule has 15 nitrogen and oxygen atoms in total. The van der Waals surface area contributed by atoms with Crippen LogP contribution in [0.4, 0.5) is 0 Å². The van der Waals surface area contributed by atoms with Gasteiger partial charge in [0.25, 0.3) is 0 Å². The van der Waals surface area contributed by atoms with Crippen LogP contribution in [0.2, 0.25) is 0 Å². The van der Waals surface area contributed by atoms with Gasteiger partial charge in [-0.25, -0.2) is 4.79 Å². The number of carboxylic acid groups (broad SMARTS) is 1. The zero-order chi connectivity index (χ0) is 25.7. The first-order valence-electron chi connectivity index (χ1n) is 11.3. The lowest BCUT2D eigenvalue weighted by atomic mass is 10.6. The van der Waals surface area contributed by atoms with Crippen LogP contribution in [0.5, 0.6) is 0 Å². The van der Waals surface area contributed by atoms with Crippen LogP contribution in [0.15, 0.2) is 5.11 Å². The van der Waals surface area contributed by atoms with E-state index in [1.165, 1.54) is 0 Å². The minimum Gasteiger partial charge on any atom is -0.480 e. The number of rotatable bonds is 28. The Labute approximate surface area is 204 Å². The predicted molar refractivity (Wildman–Crippen MR) is 121 cm³/mol. The fourth-order valence-electron chi connectivity index (χ4n) is 2.11. The van der Waals surface area contributed by atoms with Gasteiger partial charge in [-0.05, 0) is 5.53 Å². The van der Waals surface area contributed by atoms with Crippen molar-refractivity contribution in [1.29, 1.82) is 0 Å². The molecule has 0 rings (SSSR count). The van der Waals surface area contributed by atoms with Gasteiger partial charge in [-0.2, -0.15) is 0 Å². The van der Waals surface area contributed by atoms with Gasteiger partial charge >= 0.3 is 5.97 Å². The van der Waals surface area contributed by atoms with Crippen LogP contribution >= 0.6 is 0 Å². The number of nitrogens with zero attached hydrogens (tertiary/aromatic N) is 3. The quantitative estimate of drug-likeness (QED) is 0.0604. The highest BCUT2D eigenvalue weighted by atomic mass is 16.6. The molecule has 204 valence electrons. The third-order valence-corrected chi connectivity index (χ3v) is 3.66. The number of azide groups is 1. The standard InChI is InChI=1S/C20H38N4O11/c21-24-23-2-4-29-6-8-31-9-11-32-13-15-34-17-19(25)22-1-3-28-5-7-30-10-12-33-14-16-35-18-20(26)27/h1-18H2,(H,22,25)(H,26,27). The molecule has 0 aromatic heterocycles. The zero-order valence-corrected chi connectivity index (χ0v) is 20.1. The number of ether oxygens (including phenoxy) is 8. The molecule has 15 heteroatoms. The summed E-state index contributed by atoms with van der Waals surface area (Å²) >= 11 is 0. The monoisotopic (exact) mass is 510 g/mol. The summed E-state index contributed by atoms with van der Waals surface area (Å²) in [6.07, 6.45) is 0. The number of carboxylic acids is 1. The van der Waals surface area contributed by atoms with Crippen molar-refractivity contribution >= 4 is 11.9 Å². The van der Waals surface area contributed by atoms with Gasteiger partial charge in [0.15, 0.2) is 0 Å². The summed E-state index contributed by atoms with van der Waals surface area (Å²) in [5.74, 6) is -1.25. The first kappa shape index (κ1) is 32.9. The van der Waals surface area contributed by atoms with Crippen molar-refractivity contribution in [2.75, 3.05) is 119 Å². The van der Waals surface area contributed by atoms with E-state index in [9.17, 15) is 9.59 Å². The Hall–Kier alpha value is -2.07. The highest BCUT2D eigenvalue weighted by Crippen LogP contribution is 1.85. The first-order chi connectivity index (χ1) is 17.2. The van der Waals surface area contributed by atoms with Crippen LogP contribution in [-0.2, 0) is 47.5 Å². The van der Waals surface area contributed by atoms with Crippen LogP contribution in [0.25, 0.3) is 10.4 Å². The van der Waals surface area contributed by atoms with Crippen molar-refractivity contribution in [1.82, 2.24) is 5.32 Å². The number of carbonyl (C=O) groups is 2. The van der Waals surface area contributed by atoms with Crippen LogP contribution in [0, 0.1) is 0 Å². The van der Waals surface area contributed by atoms with Gasteiger partial charge in [-0.3, -0.25) is 4.79 Å². The van der Waals surface area contributed by atoms with Gasteiger partial charge in [0.05, 0.1) is 92.5 Å². The Morgan fingerprint density at radius 1 is 0.629 bits per heavy atom. The summed E-state index contributed by atoms with van der Waals surface area (Å²) in [6.45, 7) is 5.40. The topological polar surface area (TPSA) is 189 Å². The van der Waals surface area contributed by atoms with Crippen molar-refractivity contribution in [3.8, 4) is 0 Å². The molecule has 2 N–H and O–H groups in total. The van der Waals surface area contributed by atoms with Crippen molar-refractivity contribution in [3.05, 3.63) is 10.4 Å². The minimum absolute atomic E-state index is 0.0580. The van der Waals surface area contributed by atoms with Crippen LogP contribution in [0.3, 0.4) is 0 Å². The SMILES string of the molecule is [N-]=[N+]=NCCOCCOCCOCCOCC(=O)NCCOCCOCCOCCOCC(=O)O. The summed E-state index contributed by atoms with van der Waals surface area (Å²) in [4.78, 5) is 24.5. The summed E-state index contributed by atoms with van der Waals surface area (Å²) in [7, 11) is 0. The second-order valence-electron chi connectivity index (χ2n) is 6.48. The molecule has 0 atom stereocenters. The van der Waals surface area contributed by atoms with E-state index in [0.717, 1.165) is 0 Å². The van der Waals surface area contributed by atoms with Crippen LogP contribution in [-0.4, -0.2) is 136 Å². The van der Waals surface area contributed by atoms with Crippen molar-refractivity contribution in [2.45, 2.75) is 0 Å². The van der Waals surface area contributed by atoms with Gasteiger partial charge in [0, 0.05) is 18.0 Å². The predicted octanol–water partition coefficient (Wildman–Crippen LogP) is -0.370. The Bertz CT molecular complexity index is 551. The van der Waals surface area contributed by atoms with Crippen molar-refractivity contribution in [2.24, 2.45) is 5.11 Å². The summed E-state index contributed by atoms with van der Waals surface area (Å²) < 4.78 is 41.7. The number of nitrogens with one attached hydrogen (secondary N) is 1. The molecule has 0 unspecified atom stereocenters. The van der Waals surface area contributed by atoms with Crippen LogP contribution in [0.1, 0.15) is 0 Å². The number of aliphatic carboxylic acids is 1. The molecule has 35 heavy (non-hydrogen) atoms. The van der Waals surface area contributed by atoms with Gasteiger partial charge in [0.1, 0.15) is 13.2 Å². The molecule has 0 fully saturated rings. The van der Waals surface area contributed by atoms with E-state index in [1.54, 1.807) is 0 Å². The largest absolute Gasteiger partial charge is 0.480 e. The molecule has 0 aliphatic heterocycles. The second kappa shape index (κ2) is 28.2. The van der Waals surface area contributed by atoms with Gasteiger partial charge in [-0.1, -0.05) is 5.11 Å². The van der Waals surface area contributed by atoms with E-state index in [0.29, 0.717) is 99.0 Å². The third-order valence-electron chi connectivity index (χ3n) is 3.66. The molecule has 0 aliphatic carbocycles. The normalized spacial score (nSPS) is 10.7. The number of carbonyl (C=O) groups excluding carboxylic acids is 1. The smallest absolute Gasteiger partial charge is 0.329 e. The summed E-state index contributed by atoms with van der Waals surface area (Å²) in [5.41, 5.74) is 8.10. The molecule has 0 heterocycles. The fraction of sp³-hybridized carbons (Fsp3) is 0.900. The Morgan fingerprint density at radius 3 is 1.49 bits per heavy atom. The second-order valence-corrected chi connectivity index (χ2v) is 6.48. The van der Waals surface area contributed by atoms with E-state index in [-0.39, 0.29) is 25.7 Å². The molecule has 0 aromatic rings. The van der Waals surface area contributed by atoms with Gasteiger partial charge in [0.2, 0.25) is 5.91 Å². The average Bonchev–Trinajstić information content (AvgIpc) is 2.84. The maximum absolute atomic E-state index is 11.6. The number of hydrogen-bond acceptors (Lipinski definition) is 11. The lowest BCUT2D eigenvalue weighted by Gasteiger charge is -2.09. The Balaban J connectivity index is 3.17. The molecular weight excluding hydrogens is 472 g/mol. The molecule has 0 bridgehead atoms. The molecule has 0 radical (unpaired) electrons. The molecular formula is C20H38N4O11. The molecule has 0 spiro atoms. The molecule has 0 saturated heterocycles.